The summed E-state index contributed by atoms with van der Waals surface area (Å²) in [5.41, 5.74) is 3.23. The summed E-state index contributed by atoms with van der Waals surface area (Å²) in [5.74, 6) is 0. The van der Waals surface area contributed by atoms with Crippen LogP contribution >= 0.6 is 0 Å². The summed E-state index contributed by atoms with van der Waals surface area (Å²) in [6.07, 6.45) is 5.35. The van der Waals surface area contributed by atoms with Gasteiger partial charge in [-0.1, -0.05) is 13.0 Å². The van der Waals surface area contributed by atoms with Crippen molar-refractivity contribution in [3.05, 3.63) is 35.7 Å². The van der Waals surface area contributed by atoms with E-state index in [-0.39, 0.29) is 0 Å². The van der Waals surface area contributed by atoms with Crippen LogP contribution in [0.3, 0.4) is 0 Å². The number of ether oxygens (including phenoxy) is 1. The average Bonchev–Trinajstić information content (AvgIpc) is 2.48. The molecule has 0 radical (unpaired) electrons. The van der Waals surface area contributed by atoms with E-state index in [1.165, 1.54) is 5.57 Å². The van der Waals surface area contributed by atoms with Crippen LogP contribution in [0.2, 0.25) is 0 Å². The first-order valence-corrected chi connectivity index (χ1v) is 6.80. The normalized spacial score (nSPS) is 17.2. The maximum Gasteiger partial charge on any atom is 0.0957 e. The molecule has 1 aliphatic rings. The zero-order valence-corrected chi connectivity index (χ0v) is 11.7. The van der Waals surface area contributed by atoms with E-state index in [4.69, 9.17) is 4.74 Å². The van der Waals surface area contributed by atoms with E-state index in [9.17, 15) is 5.11 Å². The first-order chi connectivity index (χ1) is 9.24. The lowest BCUT2D eigenvalue weighted by Gasteiger charge is -2.28. The van der Waals surface area contributed by atoms with Crippen LogP contribution < -0.4 is 4.90 Å². The van der Waals surface area contributed by atoms with E-state index >= 15 is 0 Å². The van der Waals surface area contributed by atoms with Gasteiger partial charge in [0.2, 0.25) is 0 Å². The van der Waals surface area contributed by atoms with Gasteiger partial charge >= 0.3 is 0 Å². The number of aliphatic hydroxyl groups excluding tert-OH is 1. The van der Waals surface area contributed by atoms with Gasteiger partial charge in [0, 0.05) is 20.2 Å². The maximum atomic E-state index is 9.72. The van der Waals surface area contributed by atoms with Crippen LogP contribution in [0, 0.1) is 0 Å². The second-order valence-corrected chi connectivity index (χ2v) is 4.86. The quantitative estimate of drug-likeness (QED) is 0.827. The molecule has 0 fully saturated rings. The summed E-state index contributed by atoms with van der Waals surface area (Å²) in [5, 5.41) is 9.72. The molecule has 1 aromatic heterocycles. The van der Waals surface area contributed by atoms with Crippen LogP contribution in [0.5, 0.6) is 0 Å². The fourth-order valence-electron chi connectivity index (χ4n) is 2.25. The van der Waals surface area contributed by atoms with Crippen molar-refractivity contribution in [1.29, 1.82) is 0 Å². The molecular weight excluding hydrogens is 240 g/mol. The van der Waals surface area contributed by atoms with E-state index in [1.54, 1.807) is 7.11 Å². The lowest BCUT2D eigenvalue weighted by Crippen LogP contribution is -2.29. The molecule has 0 saturated carbocycles. The fourth-order valence-corrected chi connectivity index (χ4v) is 2.25. The minimum Gasteiger partial charge on any atom is -0.387 e. The van der Waals surface area contributed by atoms with Gasteiger partial charge in [-0.25, -0.2) is 0 Å². The van der Waals surface area contributed by atoms with Crippen molar-refractivity contribution in [3.63, 3.8) is 0 Å². The van der Waals surface area contributed by atoms with Crippen molar-refractivity contribution in [2.75, 3.05) is 31.7 Å². The third-order valence-corrected chi connectivity index (χ3v) is 3.50. The van der Waals surface area contributed by atoms with E-state index in [2.05, 4.69) is 16.0 Å². The average molecular weight is 262 g/mol. The first-order valence-electron chi connectivity index (χ1n) is 6.80. The number of aliphatic hydroxyl groups is 1. The standard InChI is InChI=1S/C15H22N2O2/c1-3-15(18)14-5-4-13(10-16-14)17-8-6-12(7-9-17)11-19-2/h4-6,10,15,18H,3,7-9,11H2,1-2H3/t15-/m0/s1. The molecule has 2 rings (SSSR count). The molecule has 104 valence electrons. The topological polar surface area (TPSA) is 45.6 Å². The van der Waals surface area contributed by atoms with Gasteiger partial charge in [0.05, 0.1) is 30.3 Å². The van der Waals surface area contributed by atoms with Crippen LogP contribution in [0.15, 0.2) is 30.0 Å². The van der Waals surface area contributed by atoms with E-state index in [0.717, 1.165) is 37.5 Å². The Balaban J connectivity index is 2.00. The molecule has 0 saturated heterocycles. The van der Waals surface area contributed by atoms with Crippen LogP contribution in [-0.2, 0) is 4.74 Å². The van der Waals surface area contributed by atoms with Gasteiger partial charge in [0.25, 0.3) is 0 Å². The van der Waals surface area contributed by atoms with Crippen LogP contribution in [0.1, 0.15) is 31.6 Å². The number of methoxy groups -OCH3 is 1. The highest BCUT2D eigenvalue weighted by atomic mass is 16.5. The molecule has 1 aliphatic heterocycles. The lowest BCUT2D eigenvalue weighted by molar-refractivity contribution is 0.169. The largest absolute Gasteiger partial charge is 0.387 e. The molecule has 0 aromatic carbocycles. The summed E-state index contributed by atoms with van der Waals surface area (Å²) >= 11 is 0. The first kappa shape index (κ1) is 14.0. The van der Waals surface area contributed by atoms with Gasteiger partial charge in [-0.3, -0.25) is 4.98 Å². The molecule has 4 heteroatoms. The Kier molecular flexibility index (Phi) is 4.93. The molecule has 4 nitrogen and oxygen atoms in total. The number of nitrogens with zero attached hydrogens (tertiary/aromatic N) is 2. The number of anilines is 1. The van der Waals surface area contributed by atoms with Crippen molar-refractivity contribution >= 4 is 5.69 Å². The molecule has 0 bridgehead atoms. The highest BCUT2D eigenvalue weighted by Gasteiger charge is 2.13. The van der Waals surface area contributed by atoms with Crippen molar-refractivity contribution in [2.45, 2.75) is 25.9 Å². The summed E-state index contributed by atoms with van der Waals surface area (Å²) in [6.45, 7) is 4.57. The molecule has 0 amide bonds. The predicted octanol–water partition coefficient (Wildman–Crippen LogP) is 2.31. The Morgan fingerprint density at radius 3 is 2.84 bits per heavy atom. The van der Waals surface area contributed by atoms with Crippen molar-refractivity contribution in [3.8, 4) is 0 Å². The Morgan fingerprint density at radius 1 is 1.47 bits per heavy atom. The summed E-state index contributed by atoms with van der Waals surface area (Å²) in [6, 6.07) is 3.95. The SMILES string of the molecule is CC[C@H](O)c1ccc(N2CC=C(COC)CC2)cn1. The summed E-state index contributed by atoms with van der Waals surface area (Å²) < 4.78 is 5.15. The Labute approximate surface area is 114 Å². The third-order valence-electron chi connectivity index (χ3n) is 3.50. The lowest BCUT2D eigenvalue weighted by atomic mass is 10.1. The van der Waals surface area contributed by atoms with Crippen LogP contribution in [-0.4, -0.2) is 36.9 Å². The second kappa shape index (κ2) is 6.68. The molecule has 0 aliphatic carbocycles. The van der Waals surface area contributed by atoms with Crippen molar-refractivity contribution in [1.82, 2.24) is 4.98 Å². The van der Waals surface area contributed by atoms with E-state index in [0.29, 0.717) is 6.42 Å². The minimum absolute atomic E-state index is 0.455. The minimum atomic E-state index is -0.455. The Morgan fingerprint density at radius 2 is 2.32 bits per heavy atom. The van der Waals surface area contributed by atoms with Crippen LogP contribution in [0.4, 0.5) is 5.69 Å². The van der Waals surface area contributed by atoms with Gasteiger partial charge in [0.1, 0.15) is 0 Å². The summed E-state index contributed by atoms with van der Waals surface area (Å²) in [4.78, 5) is 6.63. The van der Waals surface area contributed by atoms with E-state index in [1.807, 2.05) is 25.3 Å². The van der Waals surface area contributed by atoms with Gasteiger partial charge in [-0.05, 0) is 30.5 Å². The molecule has 2 heterocycles. The molecule has 19 heavy (non-hydrogen) atoms. The highest BCUT2D eigenvalue weighted by Crippen LogP contribution is 2.21. The monoisotopic (exact) mass is 262 g/mol. The molecule has 0 unspecified atom stereocenters. The number of hydrogen-bond donors (Lipinski definition) is 1. The summed E-state index contributed by atoms with van der Waals surface area (Å²) in [7, 11) is 1.73. The van der Waals surface area contributed by atoms with E-state index < -0.39 is 6.10 Å². The van der Waals surface area contributed by atoms with Gasteiger partial charge < -0.3 is 14.7 Å². The maximum absolute atomic E-state index is 9.72. The highest BCUT2D eigenvalue weighted by molar-refractivity contribution is 5.46. The third kappa shape index (κ3) is 3.55. The molecule has 1 atom stereocenters. The molecule has 1 N–H and O–H groups in total. The second-order valence-electron chi connectivity index (χ2n) is 4.86. The smallest absolute Gasteiger partial charge is 0.0957 e. The number of aromatic nitrogens is 1. The van der Waals surface area contributed by atoms with Gasteiger partial charge in [-0.15, -0.1) is 0 Å². The van der Waals surface area contributed by atoms with Gasteiger partial charge in [-0.2, -0.15) is 0 Å². The van der Waals surface area contributed by atoms with Crippen molar-refractivity contribution < 1.29 is 9.84 Å². The Hall–Kier alpha value is -1.39. The van der Waals surface area contributed by atoms with Crippen molar-refractivity contribution in [2.24, 2.45) is 0 Å². The van der Waals surface area contributed by atoms with Gasteiger partial charge in [0.15, 0.2) is 0 Å². The predicted molar refractivity (Wildman–Crippen MR) is 76.3 cm³/mol. The number of rotatable bonds is 5. The number of pyridine rings is 1. The number of hydrogen-bond acceptors (Lipinski definition) is 4. The zero-order chi connectivity index (χ0) is 13.7. The molecule has 0 spiro atoms. The fraction of sp³-hybridized carbons (Fsp3) is 0.533. The zero-order valence-electron chi connectivity index (χ0n) is 11.7. The molecular formula is C15H22N2O2. The molecule has 1 aromatic rings. The van der Waals surface area contributed by atoms with Crippen LogP contribution in [0.25, 0.3) is 0 Å². The Bertz CT molecular complexity index is 428.